The molecule has 0 aliphatic heterocycles. The van der Waals surface area contributed by atoms with E-state index in [2.05, 4.69) is 6.92 Å². The number of fused-ring (bicyclic) bond motifs is 1. The van der Waals surface area contributed by atoms with Gasteiger partial charge in [-0.3, -0.25) is 0 Å². The third-order valence-corrected chi connectivity index (χ3v) is 2.80. The average molecular weight is 203 g/mol. The summed E-state index contributed by atoms with van der Waals surface area (Å²) in [7, 11) is 0. The van der Waals surface area contributed by atoms with Gasteiger partial charge in [0.1, 0.15) is 5.82 Å². The van der Waals surface area contributed by atoms with Crippen LogP contribution in [0.1, 0.15) is 18.1 Å². The van der Waals surface area contributed by atoms with Crippen molar-refractivity contribution in [2.45, 2.75) is 20.3 Å². The van der Waals surface area contributed by atoms with Crippen LogP contribution in [0.3, 0.4) is 0 Å². The van der Waals surface area contributed by atoms with Gasteiger partial charge in [-0.2, -0.15) is 0 Å². The summed E-state index contributed by atoms with van der Waals surface area (Å²) in [4.78, 5) is 0. The monoisotopic (exact) mass is 203 g/mol. The number of aryl methyl sites for hydroxylation is 2. The molecule has 0 spiro atoms. The molecular formula is C13H14FN. The van der Waals surface area contributed by atoms with Gasteiger partial charge in [-0.25, -0.2) is 4.39 Å². The third kappa shape index (κ3) is 1.56. The van der Waals surface area contributed by atoms with E-state index in [9.17, 15) is 4.39 Å². The Balaban J connectivity index is 2.91. The summed E-state index contributed by atoms with van der Waals surface area (Å²) >= 11 is 0. The Morgan fingerprint density at radius 1 is 1.27 bits per heavy atom. The van der Waals surface area contributed by atoms with E-state index in [1.807, 2.05) is 19.1 Å². The van der Waals surface area contributed by atoms with E-state index >= 15 is 0 Å². The highest BCUT2D eigenvalue weighted by Crippen LogP contribution is 2.27. The lowest BCUT2D eigenvalue weighted by atomic mass is 9.97. The zero-order valence-corrected chi connectivity index (χ0v) is 8.97. The molecular weight excluding hydrogens is 189 g/mol. The molecule has 0 amide bonds. The first-order valence-electron chi connectivity index (χ1n) is 5.10. The third-order valence-electron chi connectivity index (χ3n) is 2.80. The van der Waals surface area contributed by atoms with Crippen LogP contribution < -0.4 is 5.73 Å². The van der Waals surface area contributed by atoms with Gasteiger partial charge in [0.05, 0.1) is 0 Å². The Morgan fingerprint density at radius 3 is 2.67 bits per heavy atom. The lowest BCUT2D eigenvalue weighted by Gasteiger charge is -2.09. The Bertz CT molecular complexity index is 517. The summed E-state index contributed by atoms with van der Waals surface area (Å²) in [5.41, 5.74) is 8.36. The molecule has 78 valence electrons. The summed E-state index contributed by atoms with van der Waals surface area (Å²) in [5, 5.41) is 2.03. The zero-order chi connectivity index (χ0) is 11.0. The molecule has 0 radical (unpaired) electrons. The molecule has 15 heavy (non-hydrogen) atoms. The maximum Gasteiger partial charge on any atom is 0.126 e. The molecule has 2 N–H and O–H groups in total. The Hall–Kier alpha value is -1.57. The van der Waals surface area contributed by atoms with Crippen molar-refractivity contribution in [3.63, 3.8) is 0 Å². The van der Waals surface area contributed by atoms with Crippen LogP contribution in [0.5, 0.6) is 0 Å². The minimum atomic E-state index is -0.151. The number of benzene rings is 2. The fourth-order valence-corrected chi connectivity index (χ4v) is 2.03. The highest BCUT2D eigenvalue weighted by molar-refractivity contribution is 5.91. The molecule has 0 aliphatic carbocycles. The predicted octanol–water partition coefficient (Wildman–Crippen LogP) is 3.43. The summed E-state index contributed by atoms with van der Waals surface area (Å²) in [6.07, 6.45) is 0.867. The van der Waals surface area contributed by atoms with Crippen molar-refractivity contribution in [2.75, 3.05) is 5.73 Å². The molecule has 0 heterocycles. The highest BCUT2D eigenvalue weighted by Gasteiger charge is 2.07. The second kappa shape index (κ2) is 3.54. The minimum absolute atomic E-state index is 0.151. The smallest absolute Gasteiger partial charge is 0.126 e. The second-order valence-corrected chi connectivity index (χ2v) is 3.80. The van der Waals surface area contributed by atoms with Crippen LogP contribution in [0.4, 0.5) is 10.1 Å². The number of hydrogen-bond acceptors (Lipinski definition) is 1. The van der Waals surface area contributed by atoms with E-state index in [0.717, 1.165) is 28.4 Å². The Labute approximate surface area is 88.7 Å². The van der Waals surface area contributed by atoms with Crippen LogP contribution in [-0.4, -0.2) is 0 Å². The number of anilines is 1. The quantitative estimate of drug-likeness (QED) is 0.706. The second-order valence-electron chi connectivity index (χ2n) is 3.80. The standard InChI is InChI=1S/C13H14FN/c1-3-9-6-11(15)7-10-4-5-12(14)8(2)13(9)10/h4-7H,3,15H2,1-2H3. The minimum Gasteiger partial charge on any atom is -0.399 e. The molecule has 0 atom stereocenters. The number of halogens is 1. The van der Waals surface area contributed by atoms with Crippen molar-refractivity contribution < 1.29 is 4.39 Å². The normalized spacial score (nSPS) is 10.9. The number of nitrogens with two attached hydrogens (primary N) is 1. The van der Waals surface area contributed by atoms with Gasteiger partial charge in [-0.15, -0.1) is 0 Å². The topological polar surface area (TPSA) is 26.0 Å². The Morgan fingerprint density at radius 2 is 2.00 bits per heavy atom. The maximum atomic E-state index is 13.4. The summed E-state index contributed by atoms with van der Waals surface area (Å²) < 4.78 is 13.4. The van der Waals surface area contributed by atoms with Gasteiger partial charge in [0.2, 0.25) is 0 Å². The van der Waals surface area contributed by atoms with Crippen molar-refractivity contribution in [1.82, 2.24) is 0 Å². The van der Waals surface area contributed by atoms with Gasteiger partial charge in [0.15, 0.2) is 0 Å². The van der Waals surface area contributed by atoms with E-state index in [0.29, 0.717) is 5.56 Å². The first-order valence-corrected chi connectivity index (χ1v) is 5.10. The summed E-state index contributed by atoms with van der Waals surface area (Å²) in [5.74, 6) is -0.151. The molecule has 1 nitrogen and oxygen atoms in total. The van der Waals surface area contributed by atoms with Crippen molar-refractivity contribution >= 4 is 16.5 Å². The van der Waals surface area contributed by atoms with E-state index in [4.69, 9.17) is 5.73 Å². The number of nitrogen functional groups attached to an aromatic ring is 1. The zero-order valence-electron chi connectivity index (χ0n) is 8.97. The molecule has 2 heteroatoms. The largest absolute Gasteiger partial charge is 0.399 e. The summed E-state index contributed by atoms with van der Waals surface area (Å²) in [6.45, 7) is 3.87. The van der Waals surface area contributed by atoms with E-state index in [1.54, 1.807) is 6.07 Å². The van der Waals surface area contributed by atoms with Gasteiger partial charge < -0.3 is 5.73 Å². The molecule has 0 fully saturated rings. The maximum absolute atomic E-state index is 13.4. The van der Waals surface area contributed by atoms with Crippen molar-refractivity contribution in [2.24, 2.45) is 0 Å². The van der Waals surface area contributed by atoms with Gasteiger partial charge in [0.25, 0.3) is 0 Å². The van der Waals surface area contributed by atoms with Crippen molar-refractivity contribution in [3.8, 4) is 0 Å². The van der Waals surface area contributed by atoms with Crippen LogP contribution in [-0.2, 0) is 6.42 Å². The molecule has 2 aromatic carbocycles. The predicted molar refractivity (Wildman–Crippen MR) is 62.4 cm³/mol. The lowest BCUT2D eigenvalue weighted by molar-refractivity contribution is 0.621. The SMILES string of the molecule is CCc1cc(N)cc2ccc(F)c(C)c12. The molecule has 0 saturated heterocycles. The fraction of sp³-hybridized carbons (Fsp3) is 0.231. The molecule has 2 aromatic rings. The fourth-order valence-electron chi connectivity index (χ4n) is 2.03. The van der Waals surface area contributed by atoms with Gasteiger partial charge in [-0.05, 0) is 53.4 Å². The average Bonchev–Trinajstić information content (AvgIpc) is 2.22. The Kier molecular flexibility index (Phi) is 2.35. The lowest BCUT2D eigenvalue weighted by Crippen LogP contribution is -1.94. The first-order chi connectivity index (χ1) is 7.13. The molecule has 0 unspecified atom stereocenters. The van der Waals surface area contributed by atoms with Crippen LogP contribution in [0, 0.1) is 12.7 Å². The summed E-state index contributed by atoms with van der Waals surface area (Å²) in [6, 6.07) is 7.10. The van der Waals surface area contributed by atoms with Crippen molar-refractivity contribution in [3.05, 3.63) is 41.2 Å². The first kappa shape index (κ1) is 9.97. The number of hydrogen-bond donors (Lipinski definition) is 1. The number of rotatable bonds is 1. The van der Waals surface area contributed by atoms with Crippen LogP contribution in [0.15, 0.2) is 24.3 Å². The van der Waals surface area contributed by atoms with E-state index in [1.165, 1.54) is 6.07 Å². The molecule has 0 bridgehead atoms. The van der Waals surface area contributed by atoms with E-state index < -0.39 is 0 Å². The highest BCUT2D eigenvalue weighted by atomic mass is 19.1. The van der Waals surface area contributed by atoms with E-state index in [-0.39, 0.29) is 5.82 Å². The molecule has 2 rings (SSSR count). The van der Waals surface area contributed by atoms with Gasteiger partial charge in [0, 0.05) is 5.69 Å². The van der Waals surface area contributed by atoms with Crippen LogP contribution in [0.25, 0.3) is 10.8 Å². The van der Waals surface area contributed by atoms with Gasteiger partial charge >= 0.3 is 0 Å². The van der Waals surface area contributed by atoms with Crippen LogP contribution in [0.2, 0.25) is 0 Å². The van der Waals surface area contributed by atoms with Crippen LogP contribution >= 0.6 is 0 Å². The molecule has 0 aromatic heterocycles. The van der Waals surface area contributed by atoms with Crippen molar-refractivity contribution in [1.29, 1.82) is 0 Å². The molecule has 0 saturated carbocycles. The van der Waals surface area contributed by atoms with Gasteiger partial charge in [-0.1, -0.05) is 13.0 Å². The molecule has 0 aliphatic rings.